The molecule has 4 nitrogen and oxygen atoms in total. The molecule has 1 aliphatic rings. The summed E-state index contributed by atoms with van der Waals surface area (Å²) in [6, 6.07) is 4.20. The van der Waals surface area contributed by atoms with Crippen LogP contribution in [-0.4, -0.2) is 24.2 Å². The maximum Gasteiger partial charge on any atom is 0.387 e. The van der Waals surface area contributed by atoms with Gasteiger partial charge in [0.15, 0.2) is 11.5 Å². The summed E-state index contributed by atoms with van der Waals surface area (Å²) >= 11 is 0. The second-order valence-electron chi connectivity index (χ2n) is 3.81. The topological polar surface area (TPSA) is 58.6 Å². The summed E-state index contributed by atoms with van der Waals surface area (Å²) in [4.78, 5) is 11.0. The van der Waals surface area contributed by atoms with Crippen LogP contribution in [-0.2, 0) is 4.79 Å². The lowest BCUT2D eigenvalue weighted by Crippen LogP contribution is -2.13. The molecule has 0 bridgehead atoms. The Hall–Kier alpha value is -1.85. The van der Waals surface area contributed by atoms with Crippen molar-refractivity contribution in [2.45, 2.75) is 19.0 Å². The van der Waals surface area contributed by atoms with Crippen molar-refractivity contribution in [3.8, 4) is 11.5 Å². The molecule has 0 radical (unpaired) electrons. The van der Waals surface area contributed by atoms with Gasteiger partial charge in [-0.25, -0.2) is 0 Å². The second-order valence-corrected chi connectivity index (χ2v) is 3.81. The van der Waals surface area contributed by atoms with E-state index in [2.05, 4.69) is 10.1 Å². The van der Waals surface area contributed by atoms with Crippen molar-refractivity contribution >= 4 is 5.91 Å². The Bertz CT molecular complexity index is 437. The smallest absolute Gasteiger partial charge is 0.387 e. The first-order chi connectivity index (χ1) is 8.06. The summed E-state index contributed by atoms with van der Waals surface area (Å²) in [5.41, 5.74) is 0.725. The largest absolute Gasteiger partial charge is 0.504 e. The fourth-order valence-corrected chi connectivity index (χ4v) is 1.82. The number of alkyl halides is 2. The molecule has 1 amide bonds. The number of phenolic OH excluding ortho intramolecular Hbond substituents is 1. The normalized spacial score (nSPS) is 19.5. The minimum absolute atomic E-state index is 0.0333. The van der Waals surface area contributed by atoms with E-state index in [1.807, 2.05) is 0 Å². The van der Waals surface area contributed by atoms with Crippen LogP contribution in [0.25, 0.3) is 0 Å². The van der Waals surface area contributed by atoms with Gasteiger partial charge in [0, 0.05) is 18.9 Å². The maximum absolute atomic E-state index is 12.0. The summed E-state index contributed by atoms with van der Waals surface area (Å²) in [6.07, 6.45) is 0.342. The van der Waals surface area contributed by atoms with Crippen molar-refractivity contribution in [3.05, 3.63) is 23.8 Å². The Morgan fingerprint density at radius 2 is 2.24 bits per heavy atom. The zero-order valence-electron chi connectivity index (χ0n) is 8.82. The predicted octanol–water partition coefficient (Wildman–Crippen LogP) is 1.60. The Morgan fingerprint density at radius 1 is 1.47 bits per heavy atom. The van der Waals surface area contributed by atoms with Crippen LogP contribution in [0.15, 0.2) is 18.2 Å². The monoisotopic (exact) mass is 243 g/mol. The summed E-state index contributed by atoms with van der Waals surface area (Å²) in [5.74, 6) is -0.695. The van der Waals surface area contributed by atoms with E-state index < -0.39 is 6.61 Å². The van der Waals surface area contributed by atoms with Gasteiger partial charge < -0.3 is 15.2 Å². The van der Waals surface area contributed by atoms with E-state index in [1.54, 1.807) is 6.07 Å². The molecule has 0 spiro atoms. The Labute approximate surface area is 96.2 Å². The Balaban J connectivity index is 2.16. The number of nitrogens with one attached hydrogen (secondary N) is 1. The van der Waals surface area contributed by atoms with Crippen LogP contribution in [0.4, 0.5) is 8.78 Å². The van der Waals surface area contributed by atoms with Gasteiger partial charge in [-0.05, 0) is 17.7 Å². The van der Waals surface area contributed by atoms with E-state index in [1.165, 1.54) is 12.1 Å². The van der Waals surface area contributed by atoms with Gasteiger partial charge in [-0.15, -0.1) is 0 Å². The quantitative estimate of drug-likeness (QED) is 0.847. The molecule has 1 heterocycles. The number of benzene rings is 1. The molecule has 0 unspecified atom stereocenters. The summed E-state index contributed by atoms with van der Waals surface area (Å²) in [5, 5.41) is 12.2. The maximum atomic E-state index is 12.0. The average molecular weight is 243 g/mol. The minimum atomic E-state index is -2.97. The van der Waals surface area contributed by atoms with Crippen molar-refractivity contribution in [1.29, 1.82) is 0 Å². The number of hydrogen-bond donors (Lipinski definition) is 2. The first kappa shape index (κ1) is 11.6. The number of ether oxygens (including phenoxy) is 1. The summed E-state index contributed by atoms with van der Waals surface area (Å²) in [7, 11) is 0. The molecule has 6 heteroatoms. The van der Waals surface area contributed by atoms with Crippen molar-refractivity contribution in [2.24, 2.45) is 0 Å². The molecule has 17 heavy (non-hydrogen) atoms. The number of amides is 1. The molecule has 2 N–H and O–H groups in total. The molecule has 1 aromatic carbocycles. The third kappa shape index (κ3) is 2.64. The molecular formula is C11H11F2NO3. The van der Waals surface area contributed by atoms with E-state index in [0.29, 0.717) is 13.0 Å². The zero-order chi connectivity index (χ0) is 12.4. The molecule has 1 fully saturated rings. The van der Waals surface area contributed by atoms with E-state index in [-0.39, 0.29) is 23.3 Å². The molecule has 2 rings (SSSR count). The molecule has 0 aromatic heterocycles. The van der Waals surface area contributed by atoms with Crippen LogP contribution < -0.4 is 10.1 Å². The fraction of sp³-hybridized carbons (Fsp3) is 0.364. The van der Waals surface area contributed by atoms with Gasteiger partial charge in [0.1, 0.15) is 0 Å². The molecule has 1 aliphatic heterocycles. The van der Waals surface area contributed by atoms with E-state index in [9.17, 15) is 18.7 Å². The standard InChI is InChI=1S/C11H11F2NO3/c12-11(13)17-9-2-1-6(3-8(9)15)7-4-10(16)14-5-7/h1-3,7,11,15H,4-5H2,(H,14,16)/t7-/m0/s1. The van der Waals surface area contributed by atoms with Crippen molar-refractivity contribution in [1.82, 2.24) is 5.32 Å². The lowest BCUT2D eigenvalue weighted by molar-refractivity contribution is -0.119. The van der Waals surface area contributed by atoms with Crippen LogP contribution in [0.3, 0.4) is 0 Å². The lowest BCUT2D eigenvalue weighted by atomic mass is 9.98. The van der Waals surface area contributed by atoms with Gasteiger partial charge >= 0.3 is 6.61 Å². The molecule has 92 valence electrons. The molecule has 1 aromatic rings. The first-order valence-corrected chi connectivity index (χ1v) is 5.10. The molecule has 1 saturated heterocycles. The van der Waals surface area contributed by atoms with Crippen molar-refractivity contribution in [2.75, 3.05) is 6.54 Å². The molecular weight excluding hydrogens is 232 g/mol. The van der Waals surface area contributed by atoms with Crippen LogP contribution in [0.1, 0.15) is 17.9 Å². The molecule has 1 atom stereocenters. The molecule has 0 saturated carbocycles. The van der Waals surface area contributed by atoms with Crippen LogP contribution in [0, 0.1) is 0 Å². The van der Waals surface area contributed by atoms with Gasteiger partial charge in [-0.2, -0.15) is 8.78 Å². The average Bonchev–Trinajstić information content (AvgIpc) is 2.67. The first-order valence-electron chi connectivity index (χ1n) is 5.10. The van der Waals surface area contributed by atoms with Gasteiger partial charge in [-0.3, -0.25) is 4.79 Å². The highest BCUT2D eigenvalue weighted by molar-refractivity contribution is 5.79. The lowest BCUT2D eigenvalue weighted by Gasteiger charge is -2.11. The third-order valence-electron chi connectivity index (χ3n) is 2.65. The number of carbonyl (C=O) groups excluding carboxylic acids is 1. The van der Waals surface area contributed by atoms with Crippen LogP contribution in [0.2, 0.25) is 0 Å². The number of hydrogen-bond acceptors (Lipinski definition) is 3. The van der Waals surface area contributed by atoms with Gasteiger partial charge in [0.25, 0.3) is 0 Å². The molecule has 0 aliphatic carbocycles. The van der Waals surface area contributed by atoms with E-state index in [4.69, 9.17) is 0 Å². The number of halogens is 2. The van der Waals surface area contributed by atoms with E-state index in [0.717, 1.165) is 5.56 Å². The van der Waals surface area contributed by atoms with Crippen molar-refractivity contribution in [3.63, 3.8) is 0 Å². The Morgan fingerprint density at radius 3 is 2.76 bits per heavy atom. The van der Waals surface area contributed by atoms with Crippen LogP contribution >= 0.6 is 0 Å². The van der Waals surface area contributed by atoms with E-state index >= 15 is 0 Å². The number of aromatic hydroxyl groups is 1. The SMILES string of the molecule is O=C1C[C@H](c2ccc(OC(F)F)c(O)c2)CN1. The van der Waals surface area contributed by atoms with Gasteiger partial charge in [-0.1, -0.05) is 6.07 Å². The predicted molar refractivity (Wildman–Crippen MR) is 55.1 cm³/mol. The number of phenols is 1. The third-order valence-corrected chi connectivity index (χ3v) is 2.65. The highest BCUT2D eigenvalue weighted by atomic mass is 19.3. The van der Waals surface area contributed by atoms with Crippen LogP contribution in [0.5, 0.6) is 11.5 Å². The Kier molecular flexibility index (Phi) is 3.12. The minimum Gasteiger partial charge on any atom is -0.504 e. The number of rotatable bonds is 3. The zero-order valence-corrected chi connectivity index (χ0v) is 8.82. The highest BCUT2D eigenvalue weighted by Crippen LogP contribution is 2.32. The van der Waals surface area contributed by atoms with Gasteiger partial charge in [0.05, 0.1) is 0 Å². The number of carbonyl (C=O) groups is 1. The summed E-state index contributed by atoms with van der Waals surface area (Å²) < 4.78 is 28.0. The second kappa shape index (κ2) is 4.57. The highest BCUT2D eigenvalue weighted by Gasteiger charge is 2.23. The summed E-state index contributed by atoms with van der Waals surface area (Å²) in [6.45, 7) is -2.48. The van der Waals surface area contributed by atoms with Gasteiger partial charge in [0.2, 0.25) is 5.91 Å². The van der Waals surface area contributed by atoms with Crippen molar-refractivity contribution < 1.29 is 23.4 Å². The fourth-order valence-electron chi connectivity index (χ4n) is 1.82.